The third kappa shape index (κ3) is 7.08. The summed E-state index contributed by atoms with van der Waals surface area (Å²) in [5.74, 6) is 0.165. The van der Waals surface area contributed by atoms with Crippen molar-refractivity contribution in [3.63, 3.8) is 0 Å². The molecular weight excluding hydrogens is 660 g/mol. The molecule has 272 valence electrons. The highest BCUT2D eigenvalue weighted by Crippen LogP contribution is 2.57. The van der Waals surface area contributed by atoms with Crippen molar-refractivity contribution in [1.29, 1.82) is 0 Å². The van der Waals surface area contributed by atoms with Gasteiger partial charge >= 0.3 is 0 Å². The van der Waals surface area contributed by atoms with Crippen LogP contribution in [0.4, 0.5) is 0 Å². The van der Waals surface area contributed by atoms with Crippen LogP contribution in [0.3, 0.4) is 0 Å². The van der Waals surface area contributed by atoms with Gasteiger partial charge < -0.3 is 24.8 Å². The summed E-state index contributed by atoms with van der Waals surface area (Å²) < 4.78 is 45.7. The van der Waals surface area contributed by atoms with Gasteiger partial charge in [-0.05, 0) is 84.3 Å². The first-order valence-electron chi connectivity index (χ1n) is 17.9. The molecule has 0 radical (unpaired) electrons. The molecule has 6 rings (SSSR count). The van der Waals surface area contributed by atoms with Crippen LogP contribution in [-0.2, 0) is 24.4 Å². The van der Waals surface area contributed by atoms with Gasteiger partial charge in [0, 0.05) is 36.3 Å². The number of nitrogens with one attached hydrogen (secondary N) is 1. The quantitative estimate of drug-likeness (QED) is 0.387. The van der Waals surface area contributed by atoms with E-state index >= 15 is 0 Å². The normalized spacial score (nSPS) is 29.0. The number of ketones is 1. The summed E-state index contributed by atoms with van der Waals surface area (Å²) in [5.41, 5.74) is 4.47. The van der Waals surface area contributed by atoms with Crippen LogP contribution in [-0.4, -0.2) is 78.6 Å². The van der Waals surface area contributed by atoms with E-state index in [0.29, 0.717) is 48.6 Å². The van der Waals surface area contributed by atoms with Crippen LogP contribution in [0.1, 0.15) is 90.5 Å². The highest BCUT2D eigenvalue weighted by molar-refractivity contribution is 7.91. The smallest absolute Gasteiger partial charge is 0.281 e. The molecule has 12 nitrogen and oxygen atoms in total. The van der Waals surface area contributed by atoms with E-state index < -0.39 is 44.3 Å². The lowest BCUT2D eigenvalue weighted by molar-refractivity contribution is -0.407. The van der Waals surface area contributed by atoms with Gasteiger partial charge in [-0.15, -0.1) is 0 Å². The van der Waals surface area contributed by atoms with Crippen molar-refractivity contribution in [2.75, 3.05) is 13.7 Å². The van der Waals surface area contributed by atoms with Crippen molar-refractivity contribution in [2.24, 2.45) is 11.3 Å². The van der Waals surface area contributed by atoms with Gasteiger partial charge in [-0.25, -0.2) is 13.4 Å². The van der Waals surface area contributed by atoms with Gasteiger partial charge in [-0.2, -0.15) is 0 Å². The molecule has 1 aromatic heterocycles. The van der Waals surface area contributed by atoms with E-state index in [1.807, 2.05) is 45.1 Å². The summed E-state index contributed by atoms with van der Waals surface area (Å²) in [7, 11) is -2.29. The number of hydrogen-bond acceptors (Lipinski definition) is 9. The van der Waals surface area contributed by atoms with Crippen LogP contribution in [0.5, 0.6) is 17.4 Å². The molecule has 0 spiro atoms. The van der Waals surface area contributed by atoms with Gasteiger partial charge in [0.05, 0.1) is 41.5 Å². The molecule has 5 atom stereocenters. The topological polar surface area (TPSA) is 169 Å². The number of carbonyl (C=O) groups excluding carboxylic acids is 3. The monoisotopic (exact) mass is 711 g/mol. The zero-order chi connectivity index (χ0) is 36.0. The van der Waals surface area contributed by atoms with Crippen LogP contribution in [0.2, 0.25) is 0 Å². The predicted molar refractivity (Wildman–Crippen MR) is 187 cm³/mol. The Balaban J connectivity index is 1.31. The number of fused-ring (bicyclic) bond motifs is 3. The van der Waals surface area contributed by atoms with Gasteiger partial charge in [-0.1, -0.05) is 18.6 Å². The lowest BCUT2D eigenvalue weighted by atomic mass is 9.91. The van der Waals surface area contributed by atoms with Gasteiger partial charge in [-0.3, -0.25) is 19.1 Å². The van der Waals surface area contributed by atoms with Crippen LogP contribution in [0.15, 0.2) is 30.4 Å². The lowest BCUT2D eigenvalue weighted by Crippen LogP contribution is -2.68. The van der Waals surface area contributed by atoms with Crippen molar-refractivity contribution in [2.45, 2.75) is 121 Å². The van der Waals surface area contributed by atoms with Crippen molar-refractivity contribution >= 4 is 38.5 Å². The molecular formula is C37H51N4O8S+. The maximum atomic E-state index is 14.3. The Bertz CT molecular complexity index is 1810. The molecule has 2 aliphatic heterocycles. The number of Topliss-reactive ketones (excluding diaryl/α,β-unsaturated/α-hetero) is 1. The number of benzene rings is 1. The molecule has 3 fully saturated rings. The van der Waals surface area contributed by atoms with Gasteiger partial charge in [0.1, 0.15) is 17.6 Å². The van der Waals surface area contributed by atoms with E-state index in [9.17, 15) is 22.8 Å². The molecule has 0 unspecified atom stereocenters. The predicted octanol–water partition coefficient (Wildman–Crippen LogP) is 3.78. The highest BCUT2D eigenvalue weighted by Gasteiger charge is 2.62. The largest absolute Gasteiger partial charge is 0.496 e. The number of aromatic nitrogens is 1. The van der Waals surface area contributed by atoms with Crippen molar-refractivity contribution in [3.05, 3.63) is 35.9 Å². The highest BCUT2D eigenvalue weighted by atomic mass is 32.2. The number of nitrogens with zero attached hydrogens (tertiary/aromatic N) is 2. The third-order valence-corrected chi connectivity index (χ3v) is 13.1. The number of sulfonamides is 1. The van der Waals surface area contributed by atoms with Crippen molar-refractivity contribution in [3.8, 4) is 17.4 Å². The SMILES string of the molecule is COc1ccc2c(O[C@@H]3C[C@H]4C(=O)C[C@]5(C(=O)NS(=O)(=O)C6(C)CC6)C[C@@H]5/C=C\CCCCC[C@H]([NH3+])C(=O)N4C3)cc(OC(C)C)nc2c1C. The molecule has 1 saturated heterocycles. The summed E-state index contributed by atoms with van der Waals surface area (Å²) in [6.07, 6.45) is 8.79. The standard InChI is InChI=1S/C37H50N4O8S/c1-22(2)48-32-18-31(26-13-14-30(47-5)23(3)33(26)39-32)49-25-17-28-29(42)20-37(35(44)40-50(45,46)36(4)15-16-36)19-24(37)11-9-7-6-8-10-12-27(38)34(43)41(28)21-25/h9,11,13-14,18,22,24-25,27-28H,6-8,10,12,15-17,19-21,38H2,1-5H3,(H,40,44)/p+1/b11-9-/t24-,25+,27-,28-,37+/m0/s1. The Morgan fingerprint density at radius 2 is 1.90 bits per heavy atom. The van der Waals surface area contributed by atoms with E-state index in [2.05, 4.69) is 10.5 Å². The van der Waals surface area contributed by atoms with Gasteiger partial charge in [0.15, 0.2) is 11.8 Å². The van der Waals surface area contributed by atoms with E-state index in [1.54, 1.807) is 25.0 Å². The summed E-state index contributed by atoms with van der Waals surface area (Å²) in [4.78, 5) is 48.4. The van der Waals surface area contributed by atoms with Crippen LogP contribution < -0.4 is 24.7 Å². The third-order valence-electron chi connectivity index (χ3n) is 11.0. The number of carbonyl (C=O) groups is 3. The number of aryl methyl sites for hydroxylation is 1. The second kappa shape index (κ2) is 13.8. The van der Waals surface area contributed by atoms with E-state index in [0.717, 1.165) is 36.6 Å². The molecule has 4 N–H and O–H groups in total. The first-order chi connectivity index (χ1) is 23.7. The molecule has 3 heterocycles. The second-order valence-electron chi connectivity index (χ2n) is 15.2. The first kappa shape index (κ1) is 36.1. The summed E-state index contributed by atoms with van der Waals surface area (Å²) in [6, 6.07) is 4.07. The Hall–Kier alpha value is -3.71. The zero-order valence-electron chi connectivity index (χ0n) is 29.8. The van der Waals surface area contributed by atoms with E-state index in [-0.39, 0.29) is 43.1 Å². The van der Waals surface area contributed by atoms with Crippen LogP contribution in [0.25, 0.3) is 10.9 Å². The fourth-order valence-corrected chi connectivity index (χ4v) is 8.72. The number of allylic oxidation sites excluding steroid dienone is 2. The number of quaternary nitrogens is 1. The number of amides is 2. The Morgan fingerprint density at radius 1 is 1.14 bits per heavy atom. The molecule has 2 aliphatic carbocycles. The van der Waals surface area contributed by atoms with Crippen molar-refractivity contribution < 1.29 is 42.7 Å². The van der Waals surface area contributed by atoms with Gasteiger partial charge in [0.25, 0.3) is 5.91 Å². The second-order valence-corrected chi connectivity index (χ2v) is 17.4. The molecule has 13 heteroatoms. The fraction of sp³-hybridized carbons (Fsp3) is 0.622. The minimum atomic E-state index is -3.89. The van der Waals surface area contributed by atoms with E-state index in [4.69, 9.17) is 19.2 Å². The average molecular weight is 712 g/mol. The number of ether oxygens (including phenoxy) is 3. The maximum absolute atomic E-state index is 14.3. The number of hydrogen-bond donors (Lipinski definition) is 2. The molecule has 2 saturated carbocycles. The van der Waals surface area contributed by atoms with E-state index in [1.165, 1.54) is 0 Å². The Kier molecular flexibility index (Phi) is 9.95. The number of rotatable bonds is 8. The van der Waals surface area contributed by atoms with Crippen molar-refractivity contribution in [1.82, 2.24) is 14.6 Å². The maximum Gasteiger partial charge on any atom is 0.281 e. The minimum Gasteiger partial charge on any atom is -0.496 e. The van der Waals surface area contributed by atoms with Crippen LogP contribution >= 0.6 is 0 Å². The minimum absolute atomic E-state index is 0.137. The van der Waals surface area contributed by atoms with Gasteiger partial charge in [0.2, 0.25) is 21.8 Å². The average Bonchev–Trinajstić information content (AvgIpc) is 3.94. The Morgan fingerprint density at radius 3 is 2.60 bits per heavy atom. The molecule has 2 amide bonds. The molecule has 2 aromatic rings. The summed E-state index contributed by atoms with van der Waals surface area (Å²) in [6.45, 7) is 7.53. The molecule has 50 heavy (non-hydrogen) atoms. The zero-order valence-corrected chi connectivity index (χ0v) is 30.6. The first-order valence-corrected chi connectivity index (χ1v) is 19.4. The summed E-state index contributed by atoms with van der Waals surface area (Å²) in [5, 5.41) is 0.741. The lowest BCUT2D eigenvalue weighted by Gasteiger charge is -2.26. The molecule has 1 aromatic carbocycles. The molecule has 4 aliphatic rings. The summed E-state index contributed by atoms with van der Waals surface area (Å²) >= 11 is 0. The fourth-order valence-electron chi connectivity index (χ4n) is 7.39. The number of methoxy groups -OCH3 is 1. The van der Waals surface area contributed by atoms with Crippen LogP contribution in [0, 0.1) is 18.3 Å². The Labute approximate surface area is 294 Å². The number of pyridine rings is 1. The molecule has 0 bridgehead atoms.